The van der Waals surface area contributed by atoms with E-state index in [0.29, 0.717) is 18.8 Å². The van der Waals surface area contributed by atoms with Crippen LogP contribution < -0.4 is 14.4 Å². The van der Waals surface area contributed by atoms with Crippen molar-refractivity contribution >= 4 is 39.3 Å². The molecule has 0 aromatic heterocycles. The first-order valence-corrected chi connectivity index (χ1v) is 18.8. The second kappa shape index (κ2) is 17.2. The van der Waals surface area contributed by atoms with Crippen LogP contribution in [-0.4, -0.2) is 56.6 Å². The minimum atomic E-state index is -4.26. The van der Waals surface area contributed by atoms with E-state index in [1.807, 2.05) is 88.5 Å². The molecule has 0 saturated heterocycles. The summed E-state index contributed by atoms with van der Waals surface area (Å²) in [4.78, 5) is 31.3. The highest BCUT2D eigenvalue weighted by Crippen LogP contribution is 2.33. The molecule has 0 aliphatic heterocycles. The van der Waals surface area contributed by atoms with E-state index in [2.05, 4.69) is 5.32 Å². The molecule has 10 heteroatoms. The second-order valence-electron chi connectivity index (χ2n) is 11.6. The zero-order valence-electron chi connectivity index (χ0n) is 28.3. The number of hydrogen-bond acceptors (Lipinski definition) is 6. The Hall–Kier alpha value is -4.28. The first-order valence-electron chi connectivity index (χ1n) is 16.1. The third-order valence-electron chi connectivity index (χ3n) is 8.07. The molecule has 8 nitrogen and oxygen atoms in total. The average molecular weight is 688 g/mol. The number of carbonyl (C=O) groups excluding carboxylic acids is 2. The summed E-state index contributed by atoms with van der Waals surface area (Å²) in [5.74, 6) is -0.490. The molecule has 0 unspecified atom stereocenters. The number of nitrogens with one attached hydrogen (secondary N) is 1. The molecule has 4 aromatic carbocycles. The van der Waals surface area contributed by atoms with E-state index in [4.69, 9.17) is 4.74 Å². The number of carbonyl (C=O) groups is 2. The number of sulfonamides is 1. The number of anilines is 1. The number of ether oxygens (including phenoxy) is 1. The summed E-state index contributed by atoms with van der Waals surface area (Å²) < 4.78 is 35.8. The van der Waals surface area contributed by atoms with Crippen LogP contribution in [0.4, 0.5) is 5.69 Å². The molecule has 0 bridgehead atoms. The third-order valence-corrected chi connectivity index (χ3v) is 10.6. The third kappa shape index (κ3) is 9.41. The molecular formula is C38H45N3O5S2. The van der Waals surface area contributed by atoms with E-state index in [-0.39, 0.29) is 35.5 Å². The van der Waals surface area contributed by atoms with Gasteiger partial charge in [0.25, 0.3) is 10.0 Å². The predicted octanol–water partition coefficient (Wildman–Crippen LogP) is 6.87. The number of aryl methyl sites for hydroxylation is 1. The van der Waals surface area contributed by atoms with Gasteiger partial charge in [0.05, 0.1) is 17.2 Å². The lowest BCUT2D eigenvalue weighted by Gasteiger charge is -2.34. The van der Waals surface area contributed by atoms with Crippen molar-refractivity contribution < 1.29 is 22.7 Å². The van der Waals surface area contributed by atoms with Crippen LogP contribution in [-0.2, 0) is 32.6 Å². The molecule has 48 heavy (non-hydrogen) atoms. The lowest BCUT2D eigenvalue weighted by atomic mass is 10.0. The number of rotatable bonds is 16. The summed E-state index contributed by atoms with van der Waals surface area (Å²) in [6.45, 7) is 7.54. The van der Waals surface area contributed by atoms with Gasteiger partial charge in [-0.15, -0.1) is 11.8 Å². The van der Waals surface area contributed by atoms with Crippen molar-refractivity contribution in [3.63, 3.8) is 0 Å². The second-order valence-corrected chi connectivity index (χ2v) is 14.4. The first-order chi connectivity index (χ1) is 23.1. The largest absolute Gasteiger partial charge is 0.492 e. The number of benzene rings is 4. The number of nitrogens with zero attached hydrogens (tertiary/aromatic N) is 2. The van der Waals surface area contributed by atoms with E-state index in [0.717, 1.165) is 25.9 Å². The Morgan fingerprint density at radius 3 is 2.19 bits per heavy atom. The monoisotopic (exact) mass is 687 g/mol. The molecule has 0 fully saturated rings. The number of para-hydroxylation sites is 2. The van der Waals surface area contributed by atoms with Crippen LogP contribution in [0.1, 0.15) is 43.9 Å². The Kier molecular flexibility index (Phi) is 13.1. The molecule has 0 saturated carbocycles. The SMILES string of the molecule is CCOc1ccccc1N(CC(=O)N(Cc1cccc(C)c1)[C@H](Cc1ccccc1)C(=O)N[C@H](C)CC)S(=O)(=O)c1ccc(SC)cc1. The maximum Gasteiger partial charge on any atom is 0.264 e. The summed E-state index contributed by atoms with van der Waals surface area (Å²) in [5, 5.41) is 3.07. The van der Waals surface area contributed by atoms with Gasteiger partial charge in [0.15, 0.2) is 0 Å². The zero-order chi connectivity index (χ0) is 34.7. The Morgan fingerprint density at radius 2 is 1.54 bits per heavy atom. The number of hydrogen-bond donors (Lipinski definition) is 1. The van der Waals surface area contributed by atoms with Gasteiger partial charge in [0.2, 0.25) is 11.8 Å². The van der Waals surface area contributed by atoms with Crippen LogP contribution in [0.2, 0.25) is 0 Å². The maximum absolute atomic E-state index is 14.8. The van der Waals surface area contributed by atoms with Gasteiger partial charge in [-0.1, -0.05) is 79.2 Å². The summed E-state index contributed by atoms with van der Waals surface area (Å²) in [6.07, 6.45) is 2.88. The standard InChI is InChI=1S/C38H45N3O5S2/c1-6-29(4)39-38(43)35(25-30-15-9-8-10-16-30)40(26-31-17-13-14-28(3)24-31)37(42)27-41(34-18-11-12-19-36(34)46-7-2)48(44,45)33-22-20-32(47-5)21-23-33/h8-24,29,35H,6-7,25-27H2,1-5H3,(H,39,43)/t29-,35-/m1/s1. The van der Waals surface area contributed by atoms with Gasteiger partial charge in [0.1, 0.15) is 18.3 Å². The molecule has 0 heterocycles. The number of thioether (sulfide) groups is 1. The lowest BCUT2D eigenvalue weighted by Crippen LogP contribution is -2.54. The van der Waals surface area contributed by atoms with Crippen molar-refractivity contribution in [3.05, 3.63) is 120 Å². The Labute approximate surface area is 289 Å². The predicted molar refractivity (Wildman–Crippen MR) is 194 cm³/mol. The van der Waals surface area contributed by atoms with Crippen molar-refractivity contribution in [2.45, 2.75) is 69.0 Å². The highest BCUT2D eigenvalue weighted by Gasteiger charge is 2.36. The first kappa shape index (κ1) is 36.6. The van der Waals surface area contributed by atoms with Crippen LogP contribution in [0, 0.1) is 6.92 Å². The van der Waals surface area contributed by atoms with Crippen LogP contribution in [0.15, 0.2) is 113 Å². The highest BCUT2D eigenvalue weighted by molar-refractivity contribution is 7.98. The van der Waals surface area contributed by atoms with Crippen molar-refractivity contribution in [1.29, 1.82) is 0 Å². The maximum atomic E-state index is 14.8. The van der Waals surface area contributed by atoms with Crippen LogP contribution in [0.5, 0.6) is 5.75 Å². The summed E-state index contributed by atoms with van der Waals surface area (Å²) in [6, 6.07) is 29.6. The Bertz CT molecular complexity index is 1760. The fourth-order valence-electron chi connectivity index (χ4n) is 5.33. The summed E-state index contributed by atoms with van der Waals surface area (Å²) >= 11 is 1.50. The van der Waals surface area contributed by atoms with Crippen LogP contribution >= 0.6 is 11.8 Å². The molecular weight excluding hydrogens is 643 g/mol. The van der Waals surface area contributed by atoms with Crippen molar-refractivity contribution in [3.8, 4) is 5.75 Å². The molecule has 0 aliphatic carbocycles. The molecule has 254 valence electrons. The van der Waals surface area contributed by atoms with Crippen molar-refractivity contribution in [1.82, 2.24) is 10.2 Å². The molecule has 4 aromatic rings. The van der Waals surface area contributed by atoms with Gasteiger partial charge in [-0.05, 0) is 81.0 Å². The van der Waals surface area contributed by atoms with Crippen LogP contribution in [0.3, 0.4) is 0 Å². The molecule has 0 spiro atoms. The summed E-state index contributed by atoms with van der Waals surface area (Å²) in [7, 11) is -4.26. The minimum Gasteiger partial charge on any atom is -0.492 e. The van der Waals surface area contributed by atoms with Crippen molar-refractivity contribution in [2.24, 2.45) is 0 Å². The van der Waals surface area contributed by atoms with Gasteiger partial charge >= 0.3 is 0 Å². The minimum absolute atomic E-state index is 0.0417. The molecule has 0 aliphatic rings. The molecule has 0 radical (unpaired) electrons. The average Bonchev–Trinajstić information content (AvgIpc) is 3.09. The van der Waals surface area contributed by atoms with E-state index in [1.54, 1.807) is 48.5 Å². The quantitative estimate of drug-likeness (QED) is 0.129. The van der Waals surface area contributed by atoms with E-state index >= 15 is 0 Å². The van der Waals surface area contributed by atoms with E-state index in [1.165, 1.54) is 16.7 Å². The topological polar surface area (TPSA) is 96.0 Å². The van der Waals surface area contributed by atoms with E-state index in [9.17, 15) is 18.0 Å². The highest BCUT2D eigenvalue weighted by atomic mass is 32.2. The normalized spacial score (nSPS) is 12.5. The fourth-order valence-corrected chi connectivity index (χ4v) is 7.16. The molecule has 1 N–H and O–H groups in total. The van der Waals surface area contributed by atoms with E-state index < -0.39 is 28.5 Å². The molecule has 2 atom stereocenters. The molecule has 2 amide bonds. The van der Waals surface area contributed by atoms with Gasteiger partial charge in [-0.25, -0.2) is 8.42 Å². The summed E-state index contributed by atoms with van der Waals surface area (Å²) in [5.41, 5.74) is 2.95. The van der Waals surface area contributed by atoms with Crippen molar-refractivity contribution in [2.75, 3.05) is 23.7 Å². The van der Waals surface area contributed by atoms with Gasteiger partial charge in [-0.2, -0.15) is 0 Å². The Balaban J connectivity index is 1.85. The Morgan fingerprint density at radius 1 is 0.875 bits per heavy atom. The zero-order valence-corrected chi connectivity index (χ0v) is 29.9. The molecule has 4 rings (SSSR count). The van der Waals surface area contributed by atoms with Gasteiger partial charge in [-0.3, -0.25) is 13.9 Å². The van der Waals surface area contributed by atoms with Crippen LogP contribution in [0.25, 0.3) is 0 Å². The fraction of sp³-hybridized carbons (Fsp3) is 0.316. The van der Waals surface area contributed by atoms with Gasteiger partial charge < -0.3 is 15.0 Å². The smallest absolute Gasteiger partial charge is 0.264 e. The lowest BCUT2D eigenvalue weighted by molar-refractivity contribution is -0.140. The van der Waals surface area contributed by atoms with Gasteiger partial charge in [0, 0.05) is 23.9 Å². The number of amides is 2.